The quantitative estimate of drug-likeness (QED) is 0.642. The zero-order chi connectivity index (χ0) is 11.4. The summed E-state index contributed by atoms with van der Waals surface area (Å²) in [6, 6.07) is 0. The summed E-state index contributed by atoms with van der Waals surface area (Å²) in [6.45, 7) is 3.63. The lowest BCUT2D eigenvalue weighted by molar-refractivity contribution is -0.147. The summed E-state index contributed by atoms with van der Waals surface area (Å²) in [4.78, 5) is 24.3. The molecule has 15 heavy (non-hydrogen) atoms. The number of likely N-dealkylation sites (N-methyl/N-ethyl adjacent to an activating group) is 1. The van der Waals surface area contributed by atoms with E-state index in [4.69, 9.17) is 0 Å². The number of rotatable bonds is 3. The fraction of sp³-hybridized carbons (Fsp3) is 0.800. The maximum Gasteiger partial charge on any atom is 0.325 e. The normalized spacial score (nSPS) is 25.0. The monoisotopic (exact) mass is 214 g/mol. The standard InChI is InChI=1S/C10H18N2O3/c1-7-4-11-5-8(7)10(14)12(2)6-9(13)15-3/h7-8,11H,4-6H2,1-3H3. The summed E-state index contributed by atoms with van der Waals surface area (Å²) >= 11 is 0. The minimum absolute atomic E-state index is 0.0119. The van der Waals surface area contributed by atoms with E-state index in [9.17, 15) is 9.59 Å². The van der Waals surface area contributed by atoms with E-state index in [0.717, 1.165) is 6.54 Å². The molecule has 86 valence electrons. The maximum atomic E-state index is 11.9. The first-order chi connectivity index (χ1) is 7.06. The van der Waals surface area contributed by atoms with E-state index in [1.807, 2.05) is 6.92 Å². The van der Waals surface area contributed by atoms with Crippen LogP contribution in [0.2, 0.25) is 0 Å². The molecule has 0 saturated carbocycles. The van der Waals surface area contributed by atoms with Crippen molar-refractivity contribution in [2.24, 2.45) is 11.8 Å². The van der Waals surface area contributed by atoms with Gasteiger partial charge < -0.3 is 15.0 Å². The average molecular weight is 214 g/mol. The molecule has 2 unspecified atom stereocenters. The number of hydrogen-bond acceptors (Lipinski definition) is 4. The largest absolute Gasteiger partial charge is 0.468 e. The molecule has 1 rings (SSSR count). The second kappa shape index (κ2) is 5.11. The van der Waals surface area contributed by atoms with Gasteiger partial charge in [-0.3, -0.25) is 9.59 Å². The molecule has 1 aliphatic rings. The molecule has 0 spiro atoms. The molecule has 1 saturated heterocycles. The number of nitrogens with one attached hydrogen (secondary N) is 1. The Balaban J connectivity index is 2.48. The number of ether oxygens (including phenoxy) is 1. The van der Waals surface area contributed by atoms with Crippen molar-refractivity contribution in [3.05, 3.63) is 0 Å². The van der Waals surface area contributed by atoms with Crippen molar-refractivity contribution in [1.29, 1.82) is 0 Å². The van der Waals surface area contributed by atoms with E-state index < -0.39 is 0 Å². The van der Waals surface area contributed by atoms with Crippen LogP contribution in [-0.4, -0.2) is 50.6 Å². The number of esters is 1. The number of nitrogens with zero attached hydrogens (tertiary/aromatic N) is 1. The molecule has 1 heterocycles. The van der Waals surface area contributed by atoms with Gasteiger partial charge in [-0.2, -0.15) is 0 Å². The molecule has 0 aliphatic carbocycles. The molecule has 0 aromatic rings. The van der Waals surface area contributed by atoms with Gasteiger partial charge in [-0.15, -0.1) is 0 Å². The van der Waals surface area contributed by atoms with Gasteiger partial charge in [-0.05, 0) is 12.5 Å². The van der Waals surface area contributed by atoms with Crippen LogP contribution in [0.3, 0.4) is 0 Å². The third kappa shape index (κ3) is 2.92. The lowest BCUT2D eigenvalue weighted by Gasteiger charge is -2.21. The molecule has 1 fully saturated rings. The van der Waals surface area contributed by atoms with Crippen molar-refractivity contribution in [2.75, 3.05) is 33.8 Å². The van der Waals surface area contributed by atoms with Crippen LogP contribution in [0.15, 0.2) is 0 Å². The number of methoxy groups -OCH3 is 1. The van der Waals surface area contributed by atoms with Crippen LogP contribution in [0.25, 0.3) is 0 Å². The number of hydrogen-bond donors (Lipinski definition) is 1. The fourth-order valence-corrected chi connectivity index (χ4v) is 1.76. The number of carbonyl (C=O) groups excluding carboxylic acids is 2. The highest BCUT2D eigenvalue weighted by Gasteiger charge is 2.32. The van der Waals surface area contributed by atoms with Crippen molar-refractivity contribution in [3.63, 3.8) is 0 Å². The average Bonchev–Trinajstić information content (AvgIpc) is 2.63. The van der Waals surface area contributed by atoms with E-state index in [0.29, 0.717) is 12.5 Å². The lowest BCUT2D eigenvalue weighted by Crippen LogP contribution is -2.39. The van der Waals surface area contributed by atoms with Gasteiger partial charge in [0.25, 0.3) is 0 Å². The first kappa shape index (κ1) is 12.0. The molecule has 0 aromatic heterocycles. The zero-order valence-electron chi connectivity index (χ0n) is 9.45. The number of amides is 1. The van der Waals surface area contributed by atoms with Gasteiger partial charge in [-0.1, -0.05) is 6.92 Å². The smallest absolute Gasteiger partial charge is 0.325 e. The SMILES string of the molecule is COC(=O)CN(C)C(=O)C1CNCC1C. The Kier molecular flexibility index (Phi) is 4.08. The molecule has 5 heteroatoms. The van der Waals surface area contributed by atoms with Crippen LogP contribution in [-0.2, 0) is 14.3 Å². The van der Waals surface area contributed by atoms with E-state index in [2.05, 4.69) is 10.1 Å². The molecule has 0 bridgehead atoms. The van der Waals surface area contributed by atoms with E-state index in [-0.39, 0.29) is 24.3 Å². The molecule has 0 aromatic carbocycles. The predicted molar refractivity (Wildman–Crippen MR) is 55.2 cm³/mol. The summed E-state index contributed by atoms with van der Waals surface area (Å²) in [6.07, 6.45) is 0. The molecule has 0 radical (unpaired) electrons. The van der Waals surface area contributed by atoms with E-state index >= 15 is 0 Å². The third-order valence-electron chi connectivity index (χ3n) is 2.80. The second-order valence-electron chi connectivity index (χ2n) is 4.01. The van der Waals surface area contributed by atoms with E-state index in [1.54, 1.807) is 7.05 Å². The van der Waals surface area contributed by atoms with Gasteiger partial charge in [0.1, 0.15) is 6.54 Å². The molecular formula is C10H18N2O3. The van der Waals surface area contributed by atoms with E-state index in [1.165, 1.54) is 12.0 Å². The Morgan fingerprint density at radius 1 is 1.47 bits per heavy atom. The zero-order valence-corrected chi connectivity index (χ0v) is 9.45. The van der Waals surface area contributed by atoms with Crippen LogP contribution in [0.1, 0.15) is 6.92 Å². The van der Waals surface area contributed by atoms with Gasteiger partial charge in [0.15, 0.2) is 0 Å². The summed E-state index contributed by atoms with van der Waals surface area (Å²) in [5.41, 5.74) is 0. The van der Waals surface area contributed by atoms with Gasteiger partial charge in [-0.25, -0.2) is 0 Å². The summed E-state index contributed by atoms with van der Waals surface area (Å²) in [5.74, 6) is -0.0559. The van der Waals surface area contributed by atoms with Crippen LogP contribution in [0.5, 0.6) is 0 Å². The fourth-order valence-electron chi connectivity index (χ4n) is 1.76. The van der Waals surface area contributed by atoms with Crippen molar-refractivity contribution in [1.82, 2.24) is 10.2 Å². The topological polar surface area (TPSA) is 58.6 Å². The highest BCUT2D eigenvalue weighted by molar-refractivity contribution is 5.84. The molecule has 1 N–H and O–H groups in total. The summed E-state index contributed by atoms with van der Waals surface area (Å²) < 4.78 is 4.51. The van der Waals surface area contributed by atoms with Crippen LogP contribution in [0, 0.1) is 11.8 Å². The Morgan fingerprint density at radius 2 is 2.13 bits per heavy atom. The predicted octanol–water partition coefficient (Wildman–Crippen LogP) is -0.527. The Hall–Kier alpha value is -1.10. The number of carbonyl (C=O) groups is 2. The Morgan fingerprint density at radius 3 is 2.60 bits per heavy atom. The minimum atomic E-state index is -0.385. The van der Waals surface area contributed by atoms with Crippen LogP contribution in [0.4, 0.5) is 0 Å². The van der Waals surface area contributed by atoms with Gasteiger partial charge in [0, 0.05) is 13.6 Å². The van der Waals surface area contributed by atoms with Gasteiger partial charge >= 0.3 is 5.97 Å². The first-order valence-corrected chi connectivity index (χ1v) is 5.08. The van der Waals surface area contributed by atoms with Gasteiger partial charge in [0.05, 0.1) is 13.0 Å². The Bertz CT molecular complexity index is 255. The first-order valence-electron chi connectivity index (χ1n) is 5.08. The second-order valence-corrected chi connectivity index (χ2v) is 4.01. The highest BCUT2D eigenvalue weighted by Crippen LogP contribution is 2.17. The lowest BCUT2D eigenvalue weighted by atomic mass is 9.97. The van der Waals surface area contributed by atoms with Crippen molar-refractivity contribution in [3.8, 4) is 0 Å². The molecule has 1 aliphatic heterocycles. The van der Waals surface area contributed by atoms with Crippen molar-refractivity contribution < 1.29 is 14.3 Å². The third-order valence-corrected chi connectivity index (χ3v) is 2.80. The molecule has 1 amide bonds. The van der Waals surface area contributed by atoms with Crippen LogP contribution < -0.4 is 5.32 Å². The minimum Gasteiger partial charge on any atom is -0.468 e. The Labute approximate surface area is 89.8 Å². The molecule has 5 nitrogen and oxygen atoms in total. The van der Waals surface area contributed by atoms with Crippen molar-refractivity contribution >= 4 is 11.9 Å². The maximum absolute atomic E-state index is 11.9. The van der Waals surface area contributed by atoms with Crippen molar-refractivity contribution in [2.45, 2.75) is 6.92 Å². The summed E-state index contributed by atoms with van der Waals surface area (Å²) in [5, 5.41) is 3.16. The molecule has 2 atom stereocenters. The molecular weight excluding hydrogens is 196 g/mol. The van der Waals surface area contributed by atoms with Gasteiger partial charge in [0.2, 0.25) is 5.91 Å². The highest BCUT2D eigenvalue weighted by atomic mass is 16.5. The van der Waals surface area contributed by atoms with Crippen LogP contribution >= 0.6 is 0 Å². The summed E-state index contributed by atoms with van der Waals surface area (Å²) in [7, 11) is 2.95.